The molecule has 1 N–H and O–H groups in total. The summed E-state index contributed by atoms with van der Waals surface area (Å²) in [5.41, 5.74) is 1.51. The van der Waals surface area contributed by atoms with Gasteiger partial charge >= 0.3 is 0 Å². The summed E-state index contributed by atoms with van der Waals surface area (Å²) in [6.45, 7) is 0. The number of hydrogen-bond acceptors (Lipinski definition) is 3. The van der Waals surface area contributed by atoms with Gasteiger partial charge in [0.1, 0.15) is 0 Å². The van der Waals surface area contributed by atoms with E-state index in [9.17, 15) is 4.79 Å². The molecule has 6 heteroatoms. The lowest BCUT2D eigenvalue weighted by Crippen LogP contribution is -2.19. The quantitative estimate of drug-likeness (QED) is 0.534. The first-order valence-electron chi connectivity index (χ1n) is 7.83. The van der Waals surface area contributed by atoms with Crippen LogP contribution in [0.25, 0.3) is 16.8 Å². The van der Waals surface area contributed by atoms with Crippen LogP contribution in [0.3, 0.4) is 0 Å². The van der Waals surface area contributed by atoms with Gasteiger partial charge in [-0.3, -0.25) is 4.79 Å². The zero-order valence-corrected chi connectivity index (χ0v) is 15.7. The van der Waals surface area contributed by atoms with Crippen LogP contribution in [0.1, 0.15) is 5.56 Å². The number of fused-ring (bicyclic) bond motifs is 1. The normalized spacial score (nSPS) is 17.2. The maximum absolute atomic E-state index is 12.3. The van der Waals surface area contributed by atoms with E-state index in [4.69, 9.17) is 23.2 Å². The summed E-state index contributed by atoms with van der Waals surface area (Å²) in [6.07, 6.45) is 1.88. The van der Waals surface area contributed by atoms with E-state index >= 15 is 0 Å². The van der Waals surface area contributed by atoms with Gasteiger partial charge in [0, 0.05) is 0 Å². The van der Waals surface area contributed by atoms with Crippen LogP contribution in [0.2, 0.25) is 10.0 Å². The highest BCUT2D eigenvalue weighted by Gasteiger charge is 2.24. The average molecular weight is 399 g/mol. The van der Waals surface area contributed by atoms with E-state index in [1.807, 2.05) is 48.5 Å². The highest BCUT2D eigenvalue weighted by molar-refractivity contribution is 8.18. The minimum atomic E-state index is -0.181. The van der Waals surface area contributed by atoms with Crippen LogP contribution in [-0.4, -0.2) is 11.1 Å². The Morgan fingerprint density at radius 3 is 2.62 bits per heavy atom. The first-order chi connectivity index (χ1) is 12.6. The molecule has 1 fully saturated rings. The van der Waals surface area contributed by atoms with Crippen molar-refractivity contribution in [3.8, 4) is 0 Å². The topological polar surface area (TPSA) is 41.5 Å². The third-order valence-corrected chi connectivity index (χ3v) is 5.63. The molecule has 0 spiro atoms. The molecule has 1 heterocycles. The summed E-state index contributed by atoms with van der Waals surface area (Å²) in [5, 5.41) is 6.26. The maximum Gasteiger partial charge on any atom is 0.264 e. The molecular formula is C20H12Cl2N2OS. The molecule has 4 rings (SSSR count). The van der Waals surface area contributed by atoms with Crippen molar-refractivity contribution in [3.63, 3.8) is 0 Å². The minimum Gasteiger partial charge on any atom is -0.300 e. The Bertz CT molecular complexity index is 1090. The van der Waals surface area contributed by atoms with Crippen molar-refractivity contribution < 1.29 is 4.79 Å². The van der Waals surface area contributed by atoms with Crippen LogP contribution in [-0.2, 0) is 4.79 Å². The summed E-state index contributed by atoms with van der Waals surface area (Å²) in [7, 11) is 0. The number of halogens is 2. The van der Waals surface area contributed by atoms with Gasteiger partial charge in [-0.15, -0.1) is 0 Å². The van der Waals surface area contributed by atoms with Gasteiger partial charge in [-0.25, -0.2) is 4.99 Å². The summed E-state index contributed by atoms with van der Waals surface area (Å²) in [5.74, 6) is -0.181. The van der Waals surface area contributed by atoms with E-state index in [1.165, 1.54) is 11.8 Å². The number of benzene rings is 3. The van der Waals surface area contributed by atoms with E-state index < -0.39 is 0 Å². The average Bonchev–Trinajstić information content (AvgIpc) is 2.98. The number of carbonyl (C=O) groups is 1. The minimum absolute atomic E-state index is 0.181. The van der Waals surface area contributed by atoms with Gasteiger partial charge in [-0.1, -0.05) is 71.7 Å². The van der Waals surface area contributed by atoms with Gasteiger partial charge in [0.2, 0.25) is 0 Å². The highest BCUT2D eigenvalue weighted by Crippen LogP contribution is 2.35. The Morgan fingerprint density at radius 1 is 0.962 bits per heavy atom. The molecule has 0 atom stereocenters. The monoisotopic (exact) mass is 398 g/mol. The van der Waals surface area contributed by atoms with Crippen molar-refractivity contribution in [3.05, 3.63) is 81.2 Å². The Kier molecular flexibility index (Phi) is 4.72. The van der Waals surface area contributed by atoms with Gasteiger partial charge in [0.25, 0.3) is 5.91 Å². The number of carbonyl (C=O) groups excluding carboxylic acids is 1. The van der Waals surface area contributed by atoms with Gasteiger partial charge in [-0.05, 0) is 46.3 Å². The highest BCUT2D eigenvalue weighted by atomic mass is 35.5. The fraction of sp³-hybridized carbons (Fsp3) is 0. The zero-order valence-electron chi connectivity index (χ0n) is 13.4. The Labute approximate surface area is 164 Å². The van der Waals surface area contributed by atoms with Gasteiger partial charge in [-0.2, -0.15) is 0 Å². The van der Waals surface area contributed by atoms with Crippen molar-refractivity contribution >= 4 is 68.6 Å². The smallest absolute Gasteiger partial charge is 0.264 e. The number of amides is 1. The van der Waals surface area contributed by atoms with Gasteiger partial charge < -0.3 is 5.32 Å². The summed E-state index contributed by atoms with van der Waals surface area (Å²) >= 11 is 13.5. The number of hydrogen-bond donors (Lipinski definition) is 1. The van der Waals surface area contributed by atoms with Crippen LogP contribution in [0.4, 0.5) is 5.69 Å². The molecule has 1 aliphatic heterocycles. The fourth-order valence-corrected chi connectivity index (χ4v) is 3.85. The number of aliphatic imine (C=N–C) groups is 1. The van der Waals surface area contributed by atoms with E-state index in [0.717, 1.165) is 16.3 Å². The lowest BCUT2D eigenvalue weighted by Gasteiger charge is -2.02. The van der Waals surface area contributed by atoms with E-state index in [2.05, 4.69) is 10.3 Å². The second-order valence-electron chi connectivity index (χ2n) is 5.62. The van der Waals surface area contributed by atoms with Gasteiger partial charge in [0.15, 0.2) is 5.17 Å². The first-order valence-corrected chi connectivity index (χ1v) is 9.40. The predicted octanol–water partition coefficient (Wildman–Crippen LogP) is 6.04. The number of nitrogens with one attached hydrogen (secondary N) is 1. The molecule has 0 unspecified atom stereocenters. The molecule has 0 bridgehead atoms. The molecule has 3 aromatic carbocycles. The fourth-order valence-electron chi connectivity index (χ4n) is 2.69. The van der Waals surface area contributed by atoms with E-state index in [0.29, 0.717) is 25.8 Å². The molecule has 1 saturated heterocycles. The molecule has 26 heavy (non-hydrogen) atoms. The molecule has 0 radical (unpaired) electrons. The van der Waals surface area contributed by atoms with E-state index in [1.54, 1.807) is 18.2 Å². The second kappa shape index (κ2) is 7.16. The summed E-state index contributed by atoms with van der Waals surface area (Å²) < 4.78 is 0. The number of nitrogens with zero attached hydrogens (tertiary/aromatic N) is 1. The molecule has 0 aromatic heterocycles. The zero-order chi connectivity index (χ0) is 18.1. The molecule has 0 saturated carbocycles. The van der Waals surface area contributed by atoms with Crippen molar-refractivity contribution in [1.29, 1.82) is 0 Å². The first kappa shape index (κ1) is 17.2. The van der Waals surface area contributed by atoms with Crippen LogP contribution in [0, 0.1) is 0 Å². The number of thioether (sulfide) groups is 1. The van der Waals surface area contributed by atoms with Crippen molar-refractivity contribution in [1.82, 2.24) is 5.32 Å². The lowest BCUT2D eigenvalue weighted by atomic mass is 10.0. The molecule has 3 aromatic rings. The molecule has 3 nitrogen and oxygen atoms in total. The summed E-state index contributed by atoms with van der Waals surface area (Å²) in [4.78, 5) is 17.3. The second-order valence-corrected chi connectivity index (χ2v) is 7.44. The third-order valence-electron chi connectivity index (χ3n) is 3.91. The molecule has 1 aliphatic rings. The van der Waals surface area contributed by atoms with Crippen molar-refractivity contribution in [2.45, 2.75) is 0 Å². The molecule has 0 aliphatic carbocycles. The summed E-state index contributed by atoms with van der Waals surface area (Å²) in [6, 6.07) is 19.3. The van der Waals surface area contributed by atoms with E-state index in [-0.39, 0.29) is 5.91 Å². The molecular weight excluding hydrogens is 387 g/mol. The standard InChI is InChI=1S/C20H12Cl2N2OS/c21-15-9-4-10-16(18(15)22)23-20-24-19(25)17(26-20)11-13-7-3-6-12-5-1-2-8-14(12)13/h1-11H,(H,23,24,25)/b17-11-. The van der Waals surface area contributed by atoms with Crippen LogP contribution in [0.15, 0.2) is 70.6 Å². The lowest BCUT2D eigenvalue weighted by molar-refractivity contribution is -0.115. The third kappa shape index (κ3) is 3.36. The SMILES string of the molecule is O=C1NC(=Nc2cccc(Cl)c2Cl)S/C1=C\c1cccc2ccccc12. The Balaban J connectivity index is 1.69. The van der Waals surface area contributed by atoms with Crippen molar-refractivity contribution in [2.24, 2.45) is 4.99 Å². The number of amidine groups is 1. The largest absolute Gasteiger partial charge is 0.300 e. The maximum atomic E-state index is 12.3. The number of rotatable bonds is 2. The van der Waals surface area contributed by atoms with Crippen LogP contribution < -0.4 is 5.32 Å². The Morgan fingerprint density at radius 2 is 1.73 bits per heavy atom. The van der Waals surface area contributed by atoms with Crippen LogP contribution in [0.5, 0.6) is 0 Å². The van der Waals surface area contributed by atoms with Crippen molar-refractivity contribution in [2.75, 3.05) is 0 Å². The van der Waals surface area contributed by atoms with Crippen LogP contribution >= 0.6 is 35.0 Å². The Hall–Kier alpha value is -2.27. The predicted molar refractivity (Wildman–Crippen MR) is 111 cm³/mol. The van der Waals surface area contributed by atoms with Gasteiger partial charge in [0.05, 0.1) is 20.6 Å². The molecule has 128 valence electrons. The molecule has 1 amide bonds.